The lowest BCUT2D eigenvalue weighted by Gasteiger charge is -2.14. The van der Waals surface area contributed by atoms with Crippen LogP contribution in [0, 0.1) is 0 Å². The van der Waals surface area contributed by atoms with Crippen molar-refractivity contribution in [1.29, 1.82) is 0 Å². The number of nitrogens with two attached hydrogens (primary N) is 1. The van der Waals surface area contributed by atoms with Gasteiger partial charge in [0.05, 0.1) is 10.8 Å². The maximum Gasteiger partial charge on any atom is 0.215 e. The lowest BCUT2D eigenvalue weighted by molar-refractivity contribution is 0.561. The predicted molar refractivity (Wildman–Crippen MR) is 85.5 cm³/mol. The van der Waals surface area contributed by atoms with Gasteiger partial charge < -0.3 is 5.73 Å². The van der Waals surface area contributed by atoms with Crippen LogP contribution in [0.3, 0.4) is 0 Å². The van der Waals surface area contributed by atoms with E-state index in [1.54, 1.807) is 6.20 Å². The first-order chi connectivity index (χ1) is 10.1. The zero-order valence-electron chi connectivity index (χ0n) is 12.1. The molecule has 2 aromatic rings. The molecule has 2 rings (SSSR count). The standard InChI is InChI=1S/C15H21N3O2S/c1-2-14(11-16)21(19,20)18-10-8-13-6-3-5-12-7-4-9-17-15(12)13/h3-7,9,14,18H,2,8,10-11,16H2,1H3. The van der Waals surface area contributed by atoms with Gasteiger partial charge in [0.1, 0.15) is 0 Å². The lowest BCUT2D eigenvalue weighted by atomic mass is 10.1. The molecule has 0 bridgehead atoms. The Morgan fingerprint density at radius 3 is 2.76 bits per heavy atom. The fourth-order valence-corrected chi connectivity index (χ4v) is 3.64. The summed E-state index contributed by atoms with van der Waals surface area (Å²) in [5.74, 6) is 0. The second-order valence-electron chi connectivity index (χ2n) is 4.95. The SMILES string of the molecule is CCC(CN)S(=O)(=O)NCCc1cccc2cccnc12. The van der Waals surface area contributed by atoms with Gasteiger partial charge >= 0.3 is 0 Å². The van der Waals surface area contributed by atoms with E-state index < -0.39 is 15.3 Å². The van der Waals surface area contributed by atoms with Gasteiger partial charge in [0.25, 0.3) is 0 Å². The van der Waals surface area contributed by atoms with Crippen LogP contribution in [0.1, 0.15) is 18.9 Å². The van der Waals surface area contributed by atoms with Crippen molar-refractivity contribution in [2.24, 2.45) is 5.73 Å². The number of benzene rings is 1. The van der Waals surface area contributed by atoms with Gasteiger partial charge in [-0.25, -0.2) is 13.1 Å². The van der Waals surface area contributed by atoms with Crippen molar-refractivity contribution >= 4 is 20.9 Å². The van der Waals surface area contributed by atoms with Crippen LogP contribution in [-0.2, 0) is 16.4 Å². The maximum absolute atomic E-state index is 12.0. The molecule has 1 heterocycles. The molecule has 0 saturated carbocycles. The minimum Gasteiger partial charge on any atom is -0.329 e. The summed E-state index contributed by atoms with van der Waals surface area (Å²) in [5.41, 5.74) is 7.46. The topological polar surface area (TPSA) is 85.1 Å². The van der Waals surface area contributed by atoms with E-state index >= 15 is 0 Å². The number of nitrogens with one attached hydrogen (secondary N) is 1. The summed E-state index contributed by atoms with van der Waals surface area (Å²) in [6.45, 7) is 2.32. The maximum atomic E-state index is 12.0. The van der Waals surface area contributed by atoms with Crippen molar-refractivity contribution < 1.29 is 8.42 Å². The molecule has 1 unspecified atom stereocenters. The number of hydrogen-bond acceptors (Lipinski definition) is 4. The van der Waals surface area contributed by atoms with Gasteiger partial charge in [-0.05, 0) is 24.5 Å². The lowest BCUT2D eigenvalue weighted by Crippen LogP contribution is -2.39. The molecule has 3 N–H and O–H groups in total. The van der Waals surface area contributed by atoms with E-state index in [2.05, 4.69) is 9.71 Å². The molecule has 6 heteroatoms. The fourth-order valence-electron chi connectivity index (χ4n) is 2.33. The van der Waals surface area contributed by atoms with E-state index in [0.29, 0.717) is 19.4 Å². The summed E-state index contributed by atoms with van der Waals surface area (Å²) >= 11 is 0. The van der Waals surface area contributed by atoms with Gasteiger partial charge in [-0.15, -0.1) is 0 Å². The van der Waals surface area contributed by atoms with Crippen LogP contribution < -0.4 is 10.5 Å². The molecule has 0 spiro atoms. The molecule has 0 radical (unpaired) electrons. The van der Waals surface area contributed by atoms with Crippen LogP contribution in [0.25, 0.3) is 10.9 Å². The third kappa shape index (κ3) is 3.78. The van der Waals surface area contributed by atoms with E-state index in [4.69, 9.17) is 5.73 Å². The molecular formula is C15H21N3O2S. The Kier molecular flexibility index (Phi) is 5.27. The van der Waals surface area contributed by atoms with Crippen LogP contribution in [-0.4, -0.2) is 31.7 Å². The number of rotatable bonds is 7. The van der Waals surface area contributed by atoms with Crippen molar-refractivity contribution in [3.05, 3.63) is 42.1 Å². The van der Waals surface area contributed by atoms with Crippen molar-refractivity contribution in [3.8, 4) is 0 Å². The monoisotopic (exact) mass is 307 g/mol. The Morgan fingerprint density at radius 2 is 2.05 bits per heavy atom. The van der Waals surface area contributed by atoms with E-state index in [1.807, 2.05) is 37.3 Å². The van der Waals surface area contributed by atoms with Gasteiger partial charge in [0, 0.05) is 24.7 Å². The number of hydrogen-bond donors (Lipinski definition) is 2. The third-order valence-corrected chi connectivity index (χ3v) is 5.58. The minimum absolute atomic E-state index is 0.141. The summed E-state index contributed by atoms with van der Waals surface area (Å²) < 4.78 is 26.7. The summed E-state index contributed by atoms with van der Waals surface area (Å²) in [7, 11) is -3.34. The smallest absolute Gasteiger partial charge is 0.215 e. The number of para-hydroxylation sites is 1. The van der Waals surface area contributed by atoms with Crippen LogP contribution in [0.5, 0.6) is 0 Å². The third-order valence-electron chi connectivity index (χ3n) is 3.57. The Bertz CT molecular complexity index is 692. The van der Waals surface area contributed by atoms with Crippen LogP contribution in [0.4, 0.5) is 0 Å². The highest BCUT2D eigenvalue weighted by Crippen LogP contribution is 2.16. The first kappa shape index (κ1) is 15.9. The average molecular weight is 307 g/mol. The van der Waals surface area contributed by atoms with Gasteiger partial charge in [-0.1, -0.05) is 31.2 Å². The highest BCUT2D eigenvalue weighted by Gasteiger charge is 2.21. The van der Waals surface area contributed by atoms with Crippen molar-refractivity contribution in [1.82, 2.24) is 9.71 Å². The van der Waals surface area contributed by atoms with Crippen LogP contribution >= 0.6 is 0 Å². The zero-order chi connectivity index (χ0) is 15.3. The Balaban J connectivity index is 2.06. The molecule has 0 fully saturated rings. The quantitative estimate of drug-likeness (QED) is 0.810. The van der Waals surface area contributed by atoms with Crippen molar-refractivity contribution in [2.45, 2.75) is 25.0 Å². The normalized spacial score (nSPS) is 13.4. The number of fused-ring (bicyclic) bond motifs is 1. The largest absolute Gasteiger partial charge is 0.329 e. The second-order valence-corrected chi connectivity index (χ2v) is 6.99. The summed E-state index contributed by atoms with van der Waals surface area (Å²) in [4.78, 5) is 4.37. The molecule has 0 aliphatic carbocycles. The highest BCUT2D eigenvalue weighted by molar-refractivity contribution is 7.90. The summed E-state index contributed by atoms with van der Waals surface area (Å²) in [6.07, 6.45) is 2.87. The highest BCUT2D eigenvalue weighted by atomic mass is 32.2. The fraction of sp³-hybridized carbons (Fsp3) is 0.400. The van der Waals surface area contributed by atoms with E-state index in [9.17, 15) is 8.42 Å². The van der Waals surface area contributed by atoms with E-state index in [-0.39, 0.29) is 6.54 Å². The molecule has 5 nitrogen and oxygen atoms in total. The van der Waals surface area contributed by atoms with Gasteiger partial charge in [-0.2, -0.15) is 0 Å². The minimum atomic E-state index is -3.34. The number of nitrogens with zero attached hydrogens (tertiary/aromatic N) is 1. The predicted octanol–water partition coefficient (Wildman–Crippen LogP) is 1.43. The Hall–Kier alpha value is -1.50. The number of aromatic nitrogens is 1. The molecule has 0 amide bonds. The average Bonchev–Trinajstić information content (AvgIpc) is 2.48. The van der Waals surface area contributed by atoms with E-state index in [1.165, 1.54) is 0 Å². The summed E-state index contributed by atoms with van der Waals surface area (Å²) in [6, 6.07) is 9.82. The zero-order valence-corrected chi connectivity index (χ0v) is 12.9. The molecule has 0 aliphatic heterocycles. The number of pyridine rings is 1. The molecule has 0 saturated heterocycles. The summed E-state index contributed by atoms with van der Waals surface area (Å²) in [5, 5.41) is 0.536. The Labute approximate surface area is 125 Å². The molecule has 1 atom stereocenters. The van der Waals surface area contributed by atoms with E-state index in [0.717, 1.165) is 16.5 Å². The first-order valence-electron chi connectivity index (χ1n) is 7.09. The van der Waals surface area contributed by atoms with Crippen LogP contribution in [0.15, 0.2) is 36.5 Å². The van der Waals surface area contributed by atoms with Crippen molar-refractivity contribution in [2.75, 3.05) is 13.1 Å². The van der Waals surface area contributed by atoms with Gasteiger partial charge in [-0.3, -0.25) is 4.98 Å². The molecule has 21 heavy (non-hydrogen) atoms. The second kappa shape index (κ2) is 6.98. The Morgan fingerprint density at radius 1 is 1.29 bits per heavy atom. The van der Waals surface area contributed by atoms with Gasteiger partial charge in [0.2, 0.25) is 10.0 Å². The first-order valence-corrected chi connectivity index (χ1v) is 8.64. The van der Waals surface area contributed by atoms with Crippen molar-refractivity contribution in [3.63, 3.8) is 0 Å². The van der Waals surface area contributed by atoms with Crippen LogP contribution in [0.2, 0.25) is 0 Å². The molecule has 1 aromatic carbocycles. The molecule has 114 valence electrons. The molecule has 1 aromatic heterocycles. The molecular weight excluding hydrogens is 286 g/mol. The molecule has 0 aliphatic rings. The van der Waals surface area contributed by atoms with Gasteiger partial charge in [0.15, 0.2) is 0 Å². The number of sulfonamides is 1.